The summed E-state index contributed by atoms with van der Waals surface area (Å²) in [5.74, 6) is -0.976. The second-order valence-electron chi connectivity index (χ2n) is 3.32. The van der Waals surface area contributed by atoms with Crippen LogP contribution >= 0.6 is 0 Å². The second-order valence-corrected chi connectivity index (χ2v) is 3.32. The first kappa shape index (κ1) is 10.4. The van der Waals surface area contributed by atoms with Crippen molar-refractivity contribution in [2.75, 3.05) is 12.6 Å². The van der Waals surface area contributed by atoms with Gasteiger partial charge in [-0.15, -0.1) is 0 Å². The molecule has 16 heavy (non-hydrogen) atoms. The molecule has 0 aliphatic carbocycles. The van der Waals surface area contributed by atoms with Crippen molar-refractivity contribution in [1.82, 2.24) is 0 Å². The molecule has 0 heterocycles. The Balaban J connectivity index is 2.73. The van der Waals surface area contributed by atoms with E-state index in [0.717, 1.165) is 5.39 Å². The molecule has 0 aliphatic rings. The summed E-state index contributed by atoms with van der Waals surface area (Å²) in [7, 11) is 1.45. The van der Waals surface area contributed by atoms with Crippen LogP contribution in [0.1, 0.15) is 10.4 Å². The minimum atomic E-state index is -0.976. The van der Waals surface area contributed by atoms with Crippen molar-refractivity contribution >= 4 is 22.4 Å². The average Bonchev–Trinajstić information content (AvgIpc) is 2.28. The fourth-order valence-electron chi connectivity index (χ4n) is 1.70. The van der Waals surface area contributed by atoms with Crippen molar-refractivity contribution in [2.24, 2.45) is 0 Å². The lowest BCUT2D eigenvalue weighted by molar-refractivity contribution is 0.0699. The Morgan fingerprint density at radius 1 is 1.25 bits per heavy atom. The topological polar surface area (TPSA) is 58.6 Å². The molecule has 2 aromatic carbocycles. The van der Waals surface area contributed by atoms with Crippen LogP contribution in [-0.4, -0.2) is 18.2 Å². The minimum Gasteiger partial charge on any atom is -0.478 e. The van der Waals surface area contributed by atoms with Gasteiger partial charge in [-0.1, -0.05) is 30.3 Å². The molecule has 0 aromatic heterocycles. The molecule has 0 spiro atoms. The molecule has 82 valence electrons. The lowest BCUT2D eigenvalue weighted by Crippen LogP contribution is -2.05. The smallest absolute Gasteiger partial charge is 0.338 e. The predicted molar refractivity (Wildman–Crippen MR) is 61.5 cm³/mol. The summed E-state index contributed by atoms with van der Waals surface area (Å²) < 4.78 is 0. The predicted octanol–water partition coefficient (Wildman–Crippen LogP) is 2.51. The van der Waals surface area contributed by atoms with E-state index in [1.165, 1.54) is 7.11 Å². The van der Waals surface area contributed by atoms with Crippen molar-refractivity contribution in [3.8, 4) is 0 Å². The molecule has 2 rings (SSSR count). The molecule has 4 heteroatoms. The summed E-state index contributed by atoms with van der Waals surface area (Å²) in [5, 5.41) is 10.8. The van der Waals surface area contributed by atoms with Crippen molar-refractivity contribution in [1.29, 1.82) is 0 Å². The molecule has 0 saturated heterocycles. The van der Waals surface area contributed by atoms with Crippen molar-refractivity contribution in [3.63, 3.8) is 0 Å². The summed E-state index contributed by atoms with van der Waals surface area (Å²) in [6.07, 6.45) is 0. The van der Waals surface area contributed by atoms with Gasteiger partial charge >= 0.3 is 5.97 Å². The van der Waals surface area contributed by atoms with Crippen LogP contribution in [0.5, 0.6) is 0 Å². The quantitative estimate of drug-likeness (QED) is 0.775. The Hall–Kier alpha value is -2.07. The number of aromatic carboxylic acids is 1. The Bertz CT molecular complexity index is 537. The second kappa shape index (κ2) is 4.20. The van der Waals surface area contributed by atoms with Crippen LogP contribution in [0.4, 0.5) is 5.69 Å². The molecule has 0 unspecified atom stereocenters. The van der Waals surface area contributed by atoms with Crippen LogP contribution < -0.4 is 5.48 Å². The summed E-state index contributed by atoms with van der Waals surface area (Å²) >= 11 is 0. The van der Waals surface area contributed by atoms with E-state index in [-0.39, 0.29) is 5.56 Å². The molecule has 2 aromatic rings. The molecular formula is C12H11NO3. The maximum atomic E-state index is 11.2. The molecule has 2 N–H and O–H groups in total. The maximum Gasteiger partial charge on any atom is 0.338 e. The number of hydrogen-bond donors (Lipinski definition) is 2. The standard InChI is InChI=1S/C12H11NO3/c1-16-13-10-7-6-8-4-2-3-5-9(8)11(10)12(14)15/h2-7,13H,1H3,(H,14,15). The highest BCUT2D eigenvalue weighted by Gasteiger charge is 2.13. The van der Waals surface area contributed by atoms with Crippen LogP contribution in [0, 0.1) is 0 Å². The van der Waals surface area contributed by atoms with E-state index in [1.54, 1.807) is 12.1 Å². The average molecular weight is 217 g/mol. The molecule has 4 nitrogen and oxygen atoms in total. The van der Waals surface area contributed by atoms with Crippen molar-refractivity contribution in [2.45, 2.75) is 0 Å². The highest BCUT2D eigenvalue weighted by Crippen LogP contribution is 2.26. The van der Waals surface area contributed by atoms with Crippen LogP contribution in [0.25, 0.3) is 10.8 Å². The van der Waals surface area contributed by atoms with Gasteiger partial charge in [0.25, 0.3) is 0 Å². The molecule has 0 atom stereocenters. The van der Waals surface area contributed by atoms with Gasteiger partial charge in [0.15, 0.2) is 0 Å². The first-order valence-electron chi connectivity index (χ1n) is 4.78. The fraction of sp³-hybridized carbons (Fsp3) is 0.0833. The lowest BCUT2D eigenvalue weighted by Gasteiger charge is -2.09. The summed E-state index contributed by atoms with van der Waals surface area (Å²) in [5.41, 5.74) is 3.24. The molecular weight excluding hydrogens is 206 g/mol. The number of hydrogen-bond acceptors (Lipinski definition) is 3. The van der Waals surface area contributed by atoms with Gasteiger partial charge in [-0.3, -0.25) is 10.3 Å². The van der Waals surface area contributed by atoms with Crippen LogP contribution in [-0.2, 0) is 4.84 Å². The molecule has 0 fully saturated rings. The molecule has 0 amide bonds. The molecule has 0 aliphatic heterocycles. The van der Waals surface area contributed by atoms with E-state index in [9.17, 15) is 9.90 Å². The Kier molecular flexibility index (Phi) is 2.74. The maximum absolute atomic E-state index is 11.2. The molecule has 0 bridgehead atoms. The Labute approximate surface area is 92.4 Å². The van der Waals surface area contributed by atoms with E-state index in [4.69, 9.17) is 4.84 Å². The number of rotatable bonds is 3. The number of benzene rings is 2. The zero-order chi connectivity index (χ0) is 11.5. The third-order valence-electron chi connectivity index (χ3n) is 2.35. The first-order chi connectivity index (χ1) is 7.74. The lowest BCUT2D eigenvalue weighted by atomic mass is 10.0. The molecule has 0 radical (unpaired) electrons. The summed E-state index contributed by atoms with van der Waals surface area (Å²) in [6.45, 7) is 0. The van der Waals surface area contributed by atoms with Gasteiger partial charge in [-0.2, -0.15) is 0 Å². The minimum absolute atomic E-state index is 0.222. The highest BCUT2D eigenvalue weighted by molar-refractivity contribution is 6.08. The van der Waals surface area contributed by atoms with Crippen LogP contribution in [0.3, 0.4) is 0 Å². The van der Waals surface area contributed by atoms with Gasteiger partial charge in [0.05, 0.1) is 18.4 Å². The van der Waals surface area contributed by atoms with E-state index in [2.05, 4.69) is 5.48 Å². The number of carbonyl (C=O) groups is 1. The summed E-state index contributed by atoms with van der Waals surface area (Å²) in [6, 6.07) is 10.9. The monoisotopic (exact) mass is 217 g/mol. The fourth-order valence-corrected chi connectivity index (χ4v) is 1.70. The van der Waals surface area contributed by atoms with Crippen molar-refractivity contribution in [3.05, 3.63) is 42.0 Å². The largest absolute Gasteiger partial charge is 0.478 e. The normalized spacial score (nSPS) is 10.3. The van der Waals surface area contributed by atoms with E-state index in [1.807, 2.05) is 24.3 Å². The van der Waals surface area contributed by atoms with E-state index in [0.29, 0.717) is 11.1 Å². The third kappa shape index (κ3) is 1.70. The SMILES string of the molecule is CONc1ccc2ccccc2c1C(=O)O. The van der Waals surface area contributed by atoms with Gasteiger partial charge in [0.1, 0.15) is 0 Å². The first-order valence-corrected chi connectivity index (χ1v) is 4.78. The third-order valence-corrected chi connectivity index (χ3v) is 2.35. The van der Waals surface area contributed by atoms with Gasteiger partial charge in [0.2, 0.25) is 0 Å². The zero-order valence-corrected chi connectivity index (χ0v) is 8.73. The highest BCUT2D eigenvalue weighted by atomic mass is 16.6. The number of fused-ring (bicyclic) bond motifs is 1. The van der Waals surface area contributed by atoms with Gasteiger partial charge in [0, 0.05) is 0 Å². The van der Waals surface area contributed by atoms with Crippen LogP contribution in [0.15, 0.2) is 36.4 Å². The Morgan fingerprint density at radius 2 is 2.00 bits per heavy atom. The van der Waals surface area contributed by atoms with Gasteiger partial charge in [-0.25, -0.2) is 4.79 Å². The number of anilines is 1. The number of carboxylic acid groups (broad SMARTS) is 1. The van der Waals surface area contributed by atoms with E-state index < -0.39 is 5.97 Å². The number of carboxylic acids is 1. The van der Waals surface area contributed by atoms with Crippen LogP contribution in [0.2, 0.25) is 0 Å². The summed E-state index contributed by atoms with van der Waals surface area (Å²) in [4.78, 5) is 16.0. The molecule has 0 saturated carbocycles. The zero-order valence-electron chi connectivity index (χ0n) is 8.73. The van der Waals surface area contributed by atoms with E-state index >= 15 is 0 Å². The van der Waals surface area contributed by atoms with Gasteiger partial charge in [-0.05, 0) is 16.8 Å². The van der Waals surface area contributed by atoms with Gasteiger partial charge < -0.3 is 5.11 Å². The van der Waals surface area contributed by atoms with Crippen molar-refractivity contribution < 1.29 is 14.7 Å². The number of nitrogens with one attached hydrogen (secondary N) is 1. The Morgan fingerprint density at radius 3 is 2.69 bits per heavy atom.